The summed E-state index contributed by atoms with van der Waals surface area (Å²) in [7, 11) is 0. The molecule has 0 atom stereocenters. The van der Waals surface area contributed by atoms with E-state index in [1.165, 1.54) is 22.7 Å². The van der Waals surface area contributed by atoms with Crippen molar-refractivity contribution in [3.05, 3.63) is 35.3 Å². The number of carboxylic acid groups (broad SMARTS) is 1. The Balaban J connectivity index is 2.08. The lowest BCUT2D eigenvalue weighted by Gasteiger charge is -2.19. The van der Waals surface area contributed by atoms with E-state index < -0.39 is 5.97 Å². The zero-order valence-corrected chi connectivity index (χ0v) is 9.07. The Morgan fingerprint density at radius 1 is 1.56 bits per heavy atom. The molecule has 0 radical (unpaired) electrons. The molecule has 6 heteroatoms. The molecule has 0 saturated heterocycles. The van der Waals surface area contributed by atoms with Crippen molar-refractivity contribution in [1.82, 2.24) is 4.90 Å². The highest BCUT2D eigenvalue weighted by Gasteiger charge is 2.17. The Hall–Kier alpha value is -1.69. The topological polar surface area (TPSA) is 70.8 Å². The summed E-state index contributed by atoms with van der Waals surface area (Å²) in [6.07, 6.45) is 1.67. The summed E-state index contributed by atoms with van der Waals surface area (Å²) in [5, 5.41) is 10.5. The lowest BCUT2D eigenvalue weighted by molar-refractivity contribution is -0.126. The van der Waals surface area contributed by atoms with Crippen molar-refractivity contribution in [3.63, 3.8) is 0 Å². The summed E-state index contributed by atoms with van der Waals surface area (Å²) in [4.78, 5) is 23.5. The third-order valence-corrected chi connectivity index (χ3v) is 2.79. The van der Waals surface area contributed by atoms with E-state index in [1.807, 2.05) is 5.41 Å². The molecule has 0 bridgehead atoms. The fraction of sp³-hybridized carbons (Fsp3) is 0.200. The predicted octanol–water partition coefficient (Wildman–Crippen LogP) is 1.52. The average Bonchev–Trinajstić information content (AvgIpc) is 2.70. The highest BCUT2D eigenvalue weighted by atomic mass is 32.2. The van der Waals surface area contributed by atoms with Crippen LogP contribution in [0.25, 0.3) is 0 Å². The van der Waals surface area contributed by atoms with Gasteiger partial charge < -0.3 is 14.4 Å². The van der Waals surface area contributed by atoms with Gasteiger partial charge in [0.05, 0.1) is 12.3 Å². The third-order valence-electron chi connectivity index (χ3n) is 2.06. The van der Waals surface area contributed by atoms with Gasteiger partial charge in [-0.25, -0.2) is 4.79 Å². The maximum absolute atomic E-state index is 11.4. The van der Waals surface area contributed by atoms with Crippen molar-refractivity contribution in [3.8, 4) is 0 Å². The molecule has 0 unspecified atom stereocenters. The molecule has 84 valence electrons. The van der Waals surface area contributed by atoms with Crippen molar-refractivity contribution in [2.45, 2.75) is 6.54 Å². The molecule has 0 spiro atoms. The molecular formula is C10H9NO4S. The summed E-state index contributed by atoms with van der Waals surface area (Å²) >= 11 is 1.43. The molecule has 1 aromatic rings. The highest BCUT2D eigenvalue weighted by molar-refractivity contribution is 8.02. The summed E-state index contributed by atoms with van der Waals surface area (Å²) in [6, 6.07) is 2.94. The molecule has 1 amide bonds. The fourth-order valence-electron chi connectivity index (χ4n) is 1.29. The number of furan rings is 1. The molecule has 5 nitrogen and oxygen atoms in total. The maximum Gasteiger partial charge on any atom is 0.371 e. The molecule has 0 aromatic carbocycles. The molecule has 1 N–H and O–H groups in total. The van der Waals surface area contributed by atoms with Gasteiger partial charge in [-0.1, -0.05) is 0 Å². The largest absolute Gasteiger partial charge is 0.475 e. The first-order valence-corrected chi connectivity index (χ1v) is 5.61. The van der Waals surface area contributed by atoms with Gasteiger partial charge in [0.2, 0.25) is 11.7 Å². The number of rotatable bonds is 3. The van der Waals surface area contributed by atoms with Gasteiger partial charge in [0, 0.05) is 6.20 Å². The number of thioether (sulfide) groups is 1. The van der Waals surface area contributed by atoms with Crippen LogP contribution in [0.5, 0.6) is 0 Å². The molecule has 0 aliphatic carbocycles. The Morgan fingerprint density at radius 2 is 2.38 bits per heavy atom. The first-order valence-electron chi connectivity index (χ1n) is 4.56. The van der Waals surface area contributed by atoms with Crippen LogP contribution in [0.15, 0.2) is 28.2 Å². The number of carbonyl (C=O) groups excluding carboxylic acids is 1. The van der Waals surface area contributed by atoms with Gasteiger partial charge in [-0.2, -0.15) is 0 Å². The summed E-state index contributed by atoms with van der Waals surface area (Å²) in [5.41, 5.74) is 0. The maximum atomic E-state index is 11.4. The number of carboxylic acids is 1. The summed E-state index contributed by atoms with van der Waals surface area (Å²) in [5.74, 6) is -0.369. The van der Waals surface area contributed by atoms with E-state index in [0.717, 1.165) is 0 Å². The van der Waals surface area contributed by atoms with Crippen molar-refractivity contribution in [2.24, 2.45) is 0 Å². The van der Waals surface area contributed by atoms with E-state index in [2.05, 4.69) is 0 Å². The second-order valence-electron chi connectivity index (χ2n) is 3.19. The monoisotopic (exact) mass is 239 g/mol. The summed E-state index contributed by atoms with van der Waals surface area (Å²) < 4.78 is 5.06. The van der Waals surface area contributed by atoms with Gasteiger partial charge in [-0.3, -0.25) is 4.79 Å². The molecular weight excluding hydrogens is 230 g/mol. The zero-order chi connectivity index (χ0) is 11.5. The van der Waals surface area contributed by atoms with E-state index in [0.29, 0.717) is 11.5 Å². The molecule has 1 aliphatic heterocycles. The fourth-order valence-corrected chi connectivity index (χ4v) is 1.93. The van der Waals surface area contributed by atoms with Crippen LogP contribution in [0.1, 0.15) is 16.3 Å². The molecule has 2 heterocycles. The SMILES string of the molecule is O=C(O)c1ccc(CN2C=CSCC2=O)o1. The minimum absolute atomic E-state index is 0.0132. The van der Waals surface area contributed by atoms with E-state index in [9.17, 15) is 9.59 Å². The number of aromatic carboxylic acids is 1. The smallest absolute Gasteiger partial charge is 0.371 e. The minimum Gasteiger partial charge on any atom is -0.475 e. The van der Waals surface area contributed by atoms with Crippen molar-refractivity contribution >= 4 is 23.6 Å². The first-order chi connectivity index (χ1) is 7.66. The standard InChI is InChI=1S/C10H9NO4S/c12-9-6-16-4-3-11(9)5-7-1-2-8(15-7)10(13)14/h1-4H,5-6H2,(H,13,14). The van der Waals surface area contributed by atoms with Crippen LogP contribution >= 0.6 is 11.8 Å². The van der Waals surface area contributed by atoms with E-state index in [1.54, 1.807) is 12.3 Å². The zero-order valence-electron chi connectivity index (χ0n) is 8.25. The van der Waals surface area contributed by atoms with Crippen LogP contribution < -0.4 is 0 Å². The van der Waals surface area contributed by atoms with Crippen LogP contribution in [0.4, 0.5) is 0 Å². The third kappa shape index (κ3) is 2.27. The number of nitrogens with zero attached hydrogens (tertiary/aromatic N) is 1. The van der Waals surface area contributed by atoms with Gasteiger partial charge >= 0.3 is 5.97 Å². The normalized spacial score (nSPS) is 15.5. The van der Waals surface area contributed by atoms with Crippen LogP contribution in [0.2, 0.25) is 0 Å². The van der Waals surface area contributed by atoms with E-state index in [-0.39, 0.29) is 18.2 Å². The molecule has 0 saturated carbocycles. The average molecular weight is 239 g/mol. The number of hydrogen-bond acceptors (Lipinski definition) is 4. The van der Waals surface area contributed by atoms with Crippen LogP contribution in [-0.2, 0) is 11.3 Å². The highest BCUT2D eigenvalue weighted by Crippen LogP contribution is 2.16. The summed E-state index contributed by atoms with van der Waals surface area (Å²) in [6.45, 7) is 0.267. The van der Waals surface area contributed by atoms with Gasteiger partial charge in [-0.15, -0.1) is 11.8 Å². The lowest BCUT2D eigenvalue weighted by atomic mass is 10.4. The van der Waals surface area contributed by atoms with Gasteiger partial charge in [0.1, 0.15) is 5.76 Å². The molecule has 1 aliphatic rings. The van der Waals surface area contributed by atoms with Crippen LogP contribution in [0.3, 0.4) is 0 Å². The first kappa shape index (κ1) is 10.8. The van der Waals surface area contributed by atoms with Crippen molar-refractivity contribution < 1.29 is 19.1 Å². The van der Waals surface area contributed by atoms with E-state index >= 15 is 0 Å². The molecule has 1 aromatic heterocycles. The Morgan fingerprint density at radius 3 is 3.00 bits per heavy atom. The van der Waals surface area contributed by atoms with Gasteiger partial charge in [-0.05, 0) is 17.5 Å². The van der Waals surface area contributed by atoms with Crippen LogP contribution in [0, 0.1) is 0 Å². The Kier molecular flexibility index (Phi) is 3.00. The second kappa shape index (κ2) is 4.44. The van der Waals surface area contributed by atoms with Gasteiger partial charge in [0.25, 0.3) is 0 Å². The Labute approximate surface area is 95.7 Å². The van der Waals surface area contributed by atoms with E-state index in [4.69, 9.17) is 9.52 Å². The number of carbonyl (C=O) groups is 2. The lowest BCUT2D eigenvalue weighted by Crippen LogP contribution is -2.28. The second-order valence-corrected chi connectivity index (χ2v) is 4.08. The Bertz CT molecular complexity index is 451. The van der Waals surface area contributed by atoms with Crippen LogP contribution in [-0.4, -0.2) is 27.6 Å². The number of hydrogen-bond donors (Lipinski definition) is 1. The molecule has 2 rings (SSSR count). The minimum atomic E-state index is -1.11. The van der Waals surface area contributed by atoms with Crippen molar-refractivity contribution in [1.29, 1.82) is 0 Å². The number of amides is 1. The quantitative estimate of drug-likeness (QED) is 0.866. The van der Waals surface area contributed by atoms with Crippen molar-refractivity contribution in [2.75, 3.05) is 5.75 Å². The van der Waals surface area contributed by atoms with Gasteiger partial charge in [0.15, 0.2) is 0 Å². The predicted molar refractivity (Wildman–Crippen MR) is 57.8 cm³/mol. The molecule has 16 heavy (non-hydrogen) atoms. The molecule has 0 fully saturated rings.